The zero-order chi connectivity index (χ0) is 19.6. The number of hydrogen-bond acceptors (Lipinski definition) is 6. The first-order valence-corrected chi connectivity index (χ1v) is 8.32. The molecule has 0 saturated carbocycles. The molecule has 0 aliphatic heterocycles. The van der Waals surface area contributed by atoms with Crippen LogP contribution >= 0.6 is 0 Å². The summed E-state index contributed by atoms with van der Waals surface area (Å²) >= 11 is 0. The molecule has 1 amide bonds. The molecular formula is C18H21N5O4. The predicted octanol–water partition coefficient (Wildman–Crippen LogP) is 1.51. The van der Waals surface area contributed by atoms with Gasteiger partial charge in [0.25, 0.3) is 11.5 Å². The highest BCUT2D eigenvalue weighted by Crippen LogP contribution is 2.18. The number of rotatable bonds is 5. The molecule has 1 aromatic carbocycles. The van der Waals surface area contributed by atoms with Gasteiger partial charge in [0.15, 0.2) is 12.3 Å². The van der Waals surface area contributed by atoms with Gasteiger partial charge >= 0.3 is 0 Å². The Morgan fingerprint density at radius 1 is 1.19 bits per heavy atom. The number of aromatic nitrogens is 4. The molecule has 2 heterocycles. The molecular weight excluding hydrogens is 350 g/mol. The number of nitrogens with one attached hydrogen (secondary N) is 1. The maximum atomic E-state index is 12.5. The molecule has 0 atom stereocenters. The second kappa shape index (κ2) is 7.10. The van der Waals surface area contributed by atoms with Crippen LogP contribution in [0.5, 0.6) is 11.5 Å². The van der Waals surface area contributed by atoms with Gasteiger partial charge < -0.3 is 9.47 Å². The van der Waals surface area contributed by atoms with Crippen LogP contribution in [0.25, 0.3) is 11.0 Å². The van der Waals surface area contributed by atoms with E-state index >= 15 is 0 Å². The molecule has 3 aromatic rings. The lowest BCUT2D eigenvalue weighted by Crippen LogP contribution is -2.36. The van der Waals surface area contributed by atoms with Crippen molar-refractivity contribution < 1.29 is 14.3 Å². The van der Waals surface area contributed by atoms with Gasteiger partial charge in [-0.05, 0) is 45.0 Å². The van der Waals surface area contributed by atoms with E-state index in [1.807, 2.05) is 20.8 Å². The van der Waals surface area contributed by atoms with E-state index in [1.54, 1.807) is 36.1 Å². The number of hydrogen-bond donors (Lipinski definition) is 1. The summed E-state index contributed by atoms with van der Waals surface area (Å²) in [4.78, 5) is 28.9. The second-order valence-corrected chi connectivity index (χ2v) is 6.88. The highest BCUT2D eigenvalue weighted by Gasteiger charge is 2.20. The number of amides is 1. The van der Waals surface area contributed by atoms with Gasteiger partial charge in [-0.15, -0.1) is 0 Å². The number of carbonyl (C=O) groups is 1. The first-order valence-electron chi connectivity index (χ1n) is 8.32. The molecule has 1 N–H and O–H groups in total. The summed E-state index contributed by atoms with van der Waals surface area (Å²) in [6.45, 7) is 5.64. The minimum absolute atomic E-state index is 0.252. The maximum absolute atomic E-state index is 12.5. The van der Waals surface area contributed by atoms with Gasteiger partial charge in [0.05, 0.1) is 18.8 Å². The molecule has 2 aromatic heterocycles. The van der Waals surface area contributed by atoms with Crippen molar-refractivity contribution >= 4 is 16.9 Å². The molecule has 0 bridgehead atoms. The lowest BCUT2D eigenvalue weighted by atomic mass is 10.1. The number of ether oxygens (including phenoxy) is 2. The van der Waals surface area contributed by atoms with Crippen LogP contribution in [-0.4, -0.2) is 39.1 Å². The second-order valence-electron chi connectivity index (χ2n) is 6.88. The SMILES string of the molecule is COc1ccc(OCC(=O)Nn2cnc3c(cnn3C(C)(C)C)c2=O)cc1. The fourth-order valence-electron chi connectivity index (χ4n) is 2.47. The van der Waals surface area contributed by atoms with Crippen molar-refractivity contribution in [2.75, 3.05) is 19.1 Å². The van der Waals surface area contributed by atoms with E-state index in [0.717, 1.165) is 4.68 Å². The van der Waals surface area contributed by atoms with Crippen molar-refractivity contribution in [3.8, 4) is 11.5 Å². The predicted molar refractivity (Wildman–Crippen MR) is 99.6 cm³/mol. The molecule has 9 nitrogen and oxygen atoms in total. The van der Waals surface area contributed by atoms with Gasteiger partial charge in [0.2, 0.25) is 0 Å². The van der Waals surface area contributed by atoms with Crippen molar-refractivity contribution in [3.05, 3.63) is 47.1 Å². The Labute approximate surface area is 155 Å². The average molecular weight is 371 g/mol. The fourth-order valence-corrected chi connectivity index (χ4v) is 2.47. The Hall–Kier alpha value is -3.36. The number of nitrogens with zero attached hydrogens (tertiary/aromatic N) is 4. The summed E-state index contributed by atoms with van der Waals surface area (Å²) in [5, 5.41) is 4.55. The molecule has 3 rings (SSSR count). The lowest BCUT2D eigenvalue weighted by molar-refractivity contribution is -0.119. The van der Waals surface area contributed by atoms with Gasteiger partial charge in [0.1, 0.15) is 23.2 Å². The first-order chi connectivity index (χ1) is 12.8. The minimum Gasteiger partial charge on any atom is -0.497 e. The Balaban J connectivity index is 1.71. The molecule has 0 saturated heterocycles. The monoisotopic (exact) mass is 371 g/mol. The van der Waals surface area contributed by atoms with Crippen LogP contribution in [0.3, 0.4) is 0 Å². The molecule has 9 heteroatoms. The van der Waals surface area contributed by atoms with Crippen LogP contribution in [0.1, 0.15) is 20.8 Å². The van der Waals surface area contributed by atoms with Gasteiger partial charge in [0, 0.05) is 0 Å². The largest absolute Gasteiger partial charge is 0.497 e. The van der Waals surface area contributed by atoms with Gasteiger partial charge in [-0.1, -0.05) is 0 Å². The van der Waals surface area contributed by atoms with E-state index in [-0.39, 0.29) is 12.1 Å². The minimum atomic E-state index is -0.489. The highest BCUT2D eigenvalue weighted by atomic mass is 16.5. The van der Waals surface area contributed by atoms with E-state index in [2.05, 4.69) is 15.5 Å². The topological polar surface area (TPSA) is 100 Å². The van der Waals surface area contributed by atoms with Crippen LogP contribution in [0.4, 0.5) is 0 Å². The summed E-state index contributed by atoms with van der Waals surface area (Å²) in [6, 6.07) is 6.82. The van der Waals surface area contributed by atoms with Crippen molar-refractivity contribution in [3.63, 3.8) is 0 Å². The average Bonchev–Trinajstić information content (AvgIpc) is 3.08. The molecule has 0 aliphatic rings. The number of benzene rings is 1. The lowest BCUT2D eigenvalue weighted by Gasteiger charge is -2.19. The summed E-state index contributed by atoms with van der Waals surface area (Å²) in [5.41, 5.74) is 2.20. The summed E-state index contributed by atoms with van der Waals surface area (Å²) in [5.74, 6) is 0.712. The van der Waals surface area contributed by atoms with Crippen LogP contribution in [-0.2, 0) is 10.3 Å². The van der Waals surface area contributed by atoms with E-state index < -0.39 is 11.5 Å². The summed E-state index contributed by atoms with van der Waals surface area (Å²) < 4.78 is 13.1. The number of carbonyl (C=O) groups excluding carboxylic acids is 1. The Morgan fingerprint density at radius 2 is 1.85 bits per heavy atom. The third-order valence-corrected chi connectivity index (χ3v) is 3.80. The zero-order valence-electron chi connectivity index (χ0n) is 15.6. The number of fused-ring (bicyclic) bond motifs is 1. The van der Waals surface area contributed by atoms with Crippen molar-refractivity contribution in [1.82, 2.24) is 19.4 Å². The van der Waals surface area contributed by atoms with Crippen molar-refractivity contribution in [1.29, 1.82) is 0 Å². The third kappa shape index (κ3) is 3.91. The Morgan fingerprint density at radius 3 is 2.48 bits per heavy atom. The maximum Gasteiger partial charge on any atom is 0.283 e. The number of methoxy groups -OCH3 is 1. The van der Waals surface area contributed by atoms with Crippen molar-refractivity contribution in [2.24, 2.45) is 0 Å². The van der Waals surface area contributed by atoms with E-state index in [0.29, 0.717) is 22.5 Å². The van der Waals surface area contributed by atoms with Crippen LogP contribution in [0.15, 0.2) is 41.6 Å². The zero-order valence-corrected chi connectivity index (χ0v) is 15.6. The third-order valence-electron chi connectivity index (χ3n) is 3.80. The van der Waals surface area contributed by atoms with Crippen molar-refractivity contribution in [2.45, 2.75) is 26.3 Å². The van der Waals surface area contributed by atoms with Crippen LogP contribution in [0, 0.1) is 0 Å². The first kappa shape index (κ1) is 18.4. The van der Waals surface area contributed by atoms with Gasteiger partial charge in [-0.3, -0.25) is 15.0 Å². The highest BCUT2D eigenvalue weighted by molar-refractivity contribution is 5.85. The van der Waals surface area contributed by atoms with E-state index in [1.165, 1.54) is 12.5 Å². The Bertz CT molecular complexity index is 1010. The molecule has 27 heavy (non-hydrogen) atoms. The fraction of sp³-hybridized carbons (Fsp3) is 0.333. The standard InChI is InChI=1S/C18H21N5O4/c1-18(2,3)23-16-14(9-20-23)17(25)22(11-19-16)21-15(24)10-27-13-7-5-12(26-4)6-8-13/h5-9,11H,10H2,1-4H3,(H,21,24). The molecule has 0 aliphatic carbocycles. The molecule has 0 spiro atoms. The Kier molecular flexibility index (Phi) is 4.85. The van der Waals surface area contributed by atoms with Crippen LogP contribution < -0.4 is 20.5 Å². The van der Waals surface area contributed by atoms with Crippen LogP contribution in [0.2, 0.25) is 0 Å². The van der Waals surface area contributed by atoms with E-state index in [9.17, 15) is 9.59 Å². The summed E-state index contributed by atoms with van der Waals surface area (Å²) in [7, 11) is 1.57. The molecule has 0 radical (unpaired) electrons. The summed E-state index contributed by atoms with van der Waals surface area (Å²) in [6.07, 6.45) is 2.71. The van der Waals surface area contributed by atoms with E-state index in [4.69, 9.17) is 9.47 Å². The smallest absolute Gasteiger partial charge is 0.283 e. The normalized spacial score (nSPS) is 11.4. The quantitative estimate of drug-likeness (QED) is 0.730. The molecule has 0 unspecified atom stereocenters. The van der Waals surface area contributed by atoms with Gasteiger partial charge in [-0.25, -0.2) is 14.3 Å². The molecule has 142 valence electrons. The molecule has 0 fully saturated rings. The van der Waals surface area contributed by atoms with Gasteiger partial charge in [-0.2, -0.15) is 5.10 Å².